The van der Waals surface area contributed by atoms with E-state index in [9.17, 15) is 9.59 Å². The highest BCUT2D eigenvalue weighted by Crippen LogP contribution is 2.41. The van der Waals surface area contributed by atoms with Crippen LogP contribution < -0.4 is 10.2 Å². The molecule has 118 valence electrons. The van der Waals surface area contributed by atoms with Crippen LogP contribution in [0.1, 0.15) is 30.6 Å². The Morgan fingerprint density at radius 1 is 1.30 bits per heavy atom. The molecule has 0 atom stereocenters. The molecule has 0 spiro atoms. The van der Waals surface area contributed by atoms with Crippen LogP contribution in [0.3, 0.4) is 0 Å². The van der Waals surface area contributed by atoms with Crippen LogP contribution in [0, 0.1) is 0 Å². The fourth-order valence-corrected chi connectivity index (χ4v) is 3.51. The summed E-state index contributed by atoms with van der Waals surface area (Å²) in [6.07, 6.45) is 2.11. The standard InChI is InChI=1S/C17H17N3O2S/c1-3-15(21)19-11-7-8-13-14(10-11)23-16-12(6-5-9-18-16)17(22)20(13)4-2/h5-10H,3-4H2,1-2H3,(H,19,21). The van der Waals surface area contributed by atoms with Gasteiger partial charge >= 0.3 is 0 Å². The molecule has 0 unspecified atom stereocenters. The lowest BCUT2D eigenvalue weighted by Gasteiger charge is -2.21. The second-order valence-corrected chi connectivity index (χ2v) is 6.12. The molecule has 0 saturated carbocycles. The molecule has 2 heterocycles. The minimum Gasteiger partial charge on any atom is -0.326 e. The third-order valence-electron chi connectivity index (χ3n) is 3.63. The Hall–Kier alpha value is -2.34. The summed E-state index contributed by atoms with van der Waals surface area (Å²) in [5.41, 5.74) is 2.18. The summed E-state index contributed by atoms with van der Waals surface area (Å²) >= 11 is 1.45. The Morgan fingerprint density at radius 3 is 2.87 bits per heavy atom. The SMILES string of the molecule is CCC(=O)Nc1ccc2c(c1)Sc1ncccc1C(=O)N2CC. The average molecular weight is 327 g/mol. The van der Waals surface area contributed by atoms with Crippen molar-refractivity contribution in [3.8, 4) is 0 Å². The molecule has 1 aliphatic heterocycles. The highest BCUT2D eigenvalue weighted by atomic mass is 32.2. The molecule has 1 aliphatic rings. The molecule has 23 heavy (non-hydrogen) atoms. The summed E-state index contributed by atoms with van der Waals surface area (Å²) in [4.78, 5) is 31.3. The van der Waals surface area contributed by atoms with Gasteiger partial charge in [0, 0.05) is 29.7 Å². The maximum absolute atomic E-state index is 12.7. The van der Waals surface area contributed by atoms with Gasteiger partial charge in [0.25, 0.3) is 5.91 Å². The van der Waals surface area contributed by atoms with Gasteiger partial charge in [-0.3, -0.25) is 9.59 Å². The molecule has 5 nitrogen and oxygen atoms in total. The number of rotatable bonds is 3. The molecule has 1 aromatic carbocycles. The first kappa shape index (κ1) is 15.6. The third-order valence-corrected chi connectivity index (χ3v) is 4.69. The lowest BCUT2D eigenvalue weighted by atomic mass is 10.2. The fourth-order valence-electron chi connectivity index (χ4n) is 2.45. The number of anilines is 2. The number of benzene rings is 1. The fraction of sp³-hybridized carbons (Fsp3) is 0.235. The van der Waals surface area contributed by atoms with Gasteiger partial charge in [0.15, 0.2) is 0 Å². The van der Waals surface area contributed by atoms with Crippen LogP contribution in [0.4, 0.5) is 11.4 Å². The van der Waals surface area contributed by atoms with Gasteiger partial charge < -0.3 is 10.2 Å². The number of nitrogens with zero attached hydrogens (tertiary/aromatic N) is 2. The number of carbonyl (C=O) groups is 2. The zero-order valence-electron chi connectivity index (χ0n) is 13.0. The van der Waals surface area contributed by atoms with Crippen molar-refractivity contribution >= 4 is 35.0 Å². The Bertz CT molecular complexity index is 776. The molecule has 0 radical (unpaired) electrons. The van der Waals surface area contributed by atoms with Crippen molar-refractivity contribution in [1.82, 2.24) is 4.98 Å². The quantitative estimate of drug-likeness (QED) is 0.936. The second-order valence-electron chi connectivity index (χ2n) is 5.09. The van der Waals surface area contributed by atoms with Crippen molar-refractivity contribution in [1.29, 1.82) is 0 Å². The van der Waals surface area contributed by atoms with Crippen LogP contribution in [0.15, 0.2) is 46.5 Å². The zero-order chi connectivity index (χ0) is 16.4. The summed E-state index contributed by atoms with van der Waals surface area (Å²) < 4.78 is 0. The smallest absolute Gasteiger partial charge is 0.261 e. The van der Waals surface area contributed by atoms with Crippen LogP contribution in [-0.4, -0.2) is 23.3 Å². The molecule has 0 bridgehead atoms. The van der Waals surface area contributed by atoms with Gasteiger partial charge in [0.2, 0.25) is 5.91 Å². The lowest BCUT2D eigenvalue weighted by molar-refractivity contribution is -0.115. The number of nitrogens with one attached hydrogen (secondary N) is 1. The van der Waals surface area contributed by atoms with E-state index in [1.54, 1.807) is 23.2 Å². The Labute approximate surface area is 139 Å². The van der Waals surface area contributed by atoms with Crippen molar-refractivity contribution in [3.63, 3.8) is 0 Å². The van der Waals surface area contributed by atoms with Crippen molar-refractivity contribution < 1.29 is 9.59 Å². The van der Waals surface area contributed by atoms with Gasteiger partial charge in [-0.1, -0.05) is 18.7 Å². The normalized spacial score (nSPS) is 13.1. The first-order chi connectivity index (χ1) is 11.1. The molecule has 1 aromatic heterocycles. The van der Waals surface area contributed by atoms with Gasteiger partial charge in [-0.25, -0.2) is 4.98 Å². The van der Waals surface area contributed by atoms with Gasteiger partial charge in [0.1, 0.15) is 5.03 Å². The number of hydrogen-bond donors (Lipinski definition) is 1. The molecule has 1 N–H and O–H groups in total. The van der Waals surface area contributed by atoms with Crippen LogP contribution in [0.5, 0.6) is 0 Å². The number of pyridine rings is 1. The summed E-state index contributed by atoms with van der Waals surface area (Å²) in [5, 5.41) is 3.54. The largest absolute Gasteiger partial charge is 0.326 e. The number of fused-ring (bicyclic) bond motifs is 2. The van der Waals surface area contributed by atoms with E-state index in [2.05, 4.69) is 10.3 Å². The average Bonchev–Trinajstić information content (AvgIpc) is 2.68. The highest BCUT2D eigenvalue weighted by molar-refractivity contribution is 7.99. The van der Waals surface area contributed by atoms with E-state index in [1.165, 1.54) is 11.8 Å². The van der Waals surface area contributed by atoms with Gasteiger partial charge in [-0.15, -0.1) is 0 Å². The van der Waals surface area contributed by atoms with E-state index in [-0.39, 0.29) is 11.8 Å². The Morgan fingerprint density at radius 2 is 2.13 bits per heavy atom. The van der Waals surface area contributed by atoms with Crippen molar-refractivity contribution in [2.45, 2.75) is 30.2 Å². The molecule has 3 rings (SSSR count). The third kappa shape index (κ3) is 2.94. The highest BCUT2D eigenvalue weighted by Gasteiger charge is 2.27. The summed E-state index contributed by atoms with van der Waals surface area (Å²) in [6, 6.07) is 9.17. The predicted molar refractivity (Wildman–Crippen MR) is 91.1 cm³/mol. The Kier molecular flexibility index (Phi) is 4.34. The minimum absolute atomic E-state index is 0.0366. The number of amides is 2. The molecule has 0 fully saturated rings. The second kappa shape index (κ2) is 6.42. The van der Waals surface area contributed by atoms with Crippen molar-refractivity contribution in [2.24, 2.45) is 0 Å². The van der Waals surface area contributed by atoms with Gasteiger partial charge in [-0.05, 0) is 37.3 Å². The molecule has 0 aliphatic carbocycles. The van der Waals surface area contributed by atoms with Crippen LogP contribution in [0.2, 0.25) is 0 Å². The molecule has 2 aromatic rings. The topological polar surface area (TPSA) is 62.3 Å². The number of carbonyl (C=O) groups excluding carboxylic acids is 2. The van der Waals surface area contributed by atoms with E-state index < -0.39 is 0 Å². The summed E-state index contributed by atoms with van der Waals surface area (Å²) in [6.45, 7) is 4.33. The molecule has 0 saturated heterocycles. The molecule has 6 heteroatoms. The van der Waals surface area contributed by atoms with E-state index in [4.69, 9.17) is 0 Å². The van der Waals surface area contributed by atoms with Crippen LogP contribution >= 0.6 is 11.8 Å². The van der Waals surface area contributed by atoms with Crippen molar-refractivity contribution in [3.05, 3.63) is 42.1 Å². The summed E-state index contributed by atoms with van der Waals surface area (Å²) in [7, 11) is 0. The number of aromatic nitrogens is 1. The first-order valence-electron chi connectivity index (χ1n) is 7.52. The van der Waals surface area contributed by atoms with E-state index in [1.807, 2.05) is 32.0 Å². The molecular weight excluding hydrogens is 310 g/mol. The first-order valence-corrected chi connectivity index (χ1v) is 8.34. The lowest BCUT2D eigenvalue weighted by Crippen LogP contribution is -2.30. The van der Waals surface area contributed by atoms with Gasteiger partial charge in [-0.2, -0.15) is 0 Å². The maximum atomic E-state index is 12.7. The monoisotopic (exact) mass is 327 g/mol. The van der Waals surface area contributed by atoms with E-state index in [0.29, 0.717) is 23.6 Å². The Balaban J connectivity index is 2.08. The van der Waals surface area contributed by atoms with Crippen LogP contribution in [-0.2, 0) is 4.79 Å². The minimum atomic E-state index is -0.0489. The molecular formula is C17H17N3O2S. The number of hydrogen-bond acceptors (Lipinski definition) is 4. The molecule has 2 amide bonds. The summed E-state index contributed by atoms with van der Waals surface area (Å²) in [5.74, 6) is -0.0854. The van der Waals surface area contributed by atoms with Gasteiger partial charge in [0.05, 0.1) is 11.3 Å². The van der Waals surface area contributed by atoms with Crippen molar-refractivity contribution in [2.75, 3.05) is 16.8 Å². The van der Waals surface area contributed by atoms with E-state index >= 15 is 0 Å². The maximum Gasteiger partial charge on any atom is 0.261 e. The zero-order valence-corrected chi connectivity index (χ0v) is 13.8. The predicted octanol–water partition coefficient (Wildman–Crippen LogP) is 3.56. The van der Waals surface area contributed by atoms with Crippen LogP contribution in [0.25, 0.3) is 0 Å². The van der Waals surface area contributed by atoms with E-state index in [0.717, 1.165) is 16.3 Å².